The van der Waals surface area contributed by atoms with Crippen molar-refractivity contribution >= 4 is 31.6 Å². The highest BCUT2D eigenvalue weighted by Crippen LogP contribution is 2.32. The van der Waals surface area contributed by atoms with E-state index < -0.39 is 97.1 Å². The third kappa shape index (κ3) is 12.6. The first-order valence-corrected chi connectivity index (χ1v) is 14.9. The van der Waals surface area contributed by atoms with Gasteiger partial charge in [-0.1, -0.05) is 28.2 Å². The highest BCUT2D eigenvalue weighted by molar-refractivity contribution is 6.11. The summed E-state index contributed by atoms with van der Waals surface area (Å²) in [6.45, 7) is 10.8. The van der Waals surface area contributed by atoms with Crippen molar-refractivity contribution in [2.24, 2.45) is 11.8 Å². The molecule has 44 heavy (non-hydrogen) atoms. The minimum Gasteiger partial charge on any atom is -0.462 e. The van der Waals surface area contributed by atoms with Gasteiger partial charge in [0.1, 0.15) is 32.3 Å². The van der Waals surface area contributed by atoms with Crippen LogP contribution >= 0.6 is 0 Å². The van der Waals surface area contributed by atoms with Crippen LogP contribution in [0, 0.1) is 11.8 Å². The predicted octanol–water partition coefficient (Wildman–Crippen LogP) is 2.07. The van der Waals surface area contributed by atoms with Gasteiger partial charge in [-0.2, -0.15) is 0 Å². The molecular formula is C30H52BFN2O10. The number of amides is 2. The summed E-state index contributed by atoms with van der Waals surface area (Å²) in [5.41, 5.74) is 0. The smallest absolute Gasteiger partial charge is 0.309 e. The highest BCUT2D eigenvalue weighted by Gasteiger charge is 2.47. The van der Waals surface area contributed by atoms with Gasteiger partial charge in [-0.15, -0.1) is 0 Å². The average Bonchev–Trinajstić information content (AvgIpc) is 2.89. The van der Waals surface area contributed by atoms with E-state index >= 15 is 0 Å². The molecule has 2 aliphatic rings. The Balaban J connectivity index is 0.0000101. The van der Waals surface area contributed by atoms with Crippen LogP contribution in [0.3, 0.4) is 0 Å². The molecule has 12 nitrogen and oxygen atoms in total. The van der Waals surface area contributed by atoms with E-state index in [-0.39, 0.29) is 39.2 Å². The van der Waals surface area contributed by atoms with Crippen molar-refractivity contribution < 1.29 is 53.7 Å². The predicted molar refractivity (Wildman–Crippen MR) is 160 cm³/mol. The SMILES string of the molecule is C.[2H][C@@H]1C(CO[C@@H]2OC(CC)[C@@H](C)[C@H](OC(=O)C[C@@H](C)OC(C)=O)C2NC(=O)C[C@@H](C)O)O[C@H]([B])C(NC(=O)C[C@@H](C)F)[C@H]1C. The van der Waals surface area contributed by atoms with Gasteiger partial charge in [0.15, 0.2) is 6.29 Å². The van der Waals surface area contributed by atoms with Crippen molar-refractivity contribution in [2.75, 3.05) is 6.61 Å². The van der Waals surface area contributed by atoms with Crippen LogP contribution in [-0.4, -0.2) is 104 Å². The number of alkyl halides is 1. The number of ether oxygens (including phenoxy) is 5. The summed E-state index contributed by atoms with van der Waals surface area (Å²) >= 11 is 0. The third-order valence-corrected chi connectivity index (χ3v) is 7.35. The van der Waals surface area contributed by atoms with Gasteiger partial charge in [-0.05, 0) is 39.5 Å². The van der Waals surface area contributed by atoms with Crippen molar-refractivity contribution in [1.29, 1.82) is 0 Å². The minimum absolute atomic E-state index is 0. The van der Waals surface area contributed by atoms with E-state index in [0.717, 1.165) is 0 Å². The van der Waals surface area contributed by atoms with Crippen LogP contribution in [0.25, 0.3) is 0 Å². The zero-order valence-corrected chi connectivity index (χ0v) is 26.1. The lowest BCUT2D eigenvalue weighted by atomic mass is 9.79. The molecule has 0 saturated carbocycles. The molecule has 2 amide bonds. The second kappa shape index (κ2) is 18.6. The van der Waals surface area contributed by atoms with Gasteiger partial charge in [-0.3, -0.25) is 19.2 Å². The number of hydrogen-bond acceptors (Lipinski definition) is 10. The monoisotopic (exact) mass is 631 g/mol. The zero-order chi connectivity index (χ0) is 33.3. The Morgan fingerprint density at radius 3 is 2.25 bits per heavy atom. The summed E-state index contributed by atoms with van der Waals surface area (Å²) in [6.07, 6.45) is -7.48. The summed E-state index contributed by atoms with van der Waals surface area (Å²) < 4.78 is 51.1. The van der Waals surface area contributed by atoms with Gasteiger partial charge in [0.25, 0.3) is 0 Å². The number of carbonyl (C=O) groups excluding carboxylic acids is 4. The summed E-state index contributed by atoms with van der Waals surface area (Å²) in [6, 6.07) is -2.72. The Bertz CT molecular complexity index is 979. The molecular weight excluding hydrogens is 578 g/mol. The van der Waals surface area contributed by atoms with Crippen molar-refractivity contribution in [3.8, 4) is 0 Å². The molecule has 0 aromatic carbocycles. The Labute approximate surface area is 263 Å². The normalized spacial score (nSPS) is 34.2. The lowest BCUT2D eigenvalue weighted by molar-refractivity contribution is -0.263. The standard InChI is InChI=1S/C29H48BFN2O10.CH4/c1-8-21-18(6)27(43-24(38)12-17(5)40-19(7)35)26(33-23(37)11-16(4)34)29(42-21)39-13-20-9-14(2)25(28(30)41-20)32-22(36)10-15(3)31;/h14-18,20-21,25-29,34H,8-13H2,1-7H3,(H,32,36)(H,33,37);1H4/t14-,15+,16+,17+,18+,20?,21?,25?,26?,27-,28-,29+;/m0./s1/i9D;/t9-,14-,15+,16+,17+,18+,20?,21?,25?,26?,27-,28-,29+;. The number of hydrogen-bond donors (Lipinski definition) is 3. The highest BCUT2D eigenvalue weighted by atomic mass is 19.1. The van der Waals surface area contributed by atoms with Crippen LogP contribution in [0.15, 0.2) is 0 Å². The van der Waals surface area contributed by atoms with Crippen molar-refractivity contribution in [2.45, 2.75) is 149 Å². The van der Waals surface area contributed by atoms with E-state index in [0.29, 0.717) is 6.42 Å². The van der Waals surface area contributed by atoms with E-state index in [1.165, 1.54) is 20.8 Å². The molecule has 2 radical (unpaired) electrons. The summed E-state index contributed by atoms with van der Waals surface area (Å²) in [7, 11) is 6.19. The summed E-state index contributed by atoms with van der Waals surface area (Å²) in [5, 5.41) is 15.2. The van der Waals surface area contributed by atoms with Gasteiger partial charge >= 0.3 is 11.9 Å². The lowest BCUT2D eigenvalue weighted by Crippen LogP contribution is -2.63. The third-order valence-electron chi connectivity index (χ3n) is 7.35. The van der Waals surface area contributed by atoms with Crippen molar-refractivity contribution in [1.82, 2.24) is 10.6 Å². The Hall–Kier alpha value is -2.29. The first-order chi connectivity index (χ1) is 20.5. The van der Waals surface area contributed by atoms with E-state index in [1.54, 1.807) is 13.8 Å². The van der Waals surface area contributed by atoms with Gasteiger partial charge in [-0.25, -0.2) is 4.39 Å². The van der Waals surface area contributed by atoms with Gasteiger partial charge in [0.05, 0.1) is 44.2 Å². The number of aliphatic hydroxyl groups is 1. The summed E-state index contributed by atoms with van der Waals surface area (Å²) in [4.78, 5) is 49.1. The Kier molecular flexibility index (Phi) is 16.0. The number of esters is 2. The molecule has 0 aromatic heterocycles. The maximum atomic E-state index is 13.3. The van der Waals surface area contributed by atoms with Crippen molar-refractivity contribution in [3.05, 3.63) is 0 Å². The Morgan fingerprint density at radius 1 is 1.07 bits per heavy atom. The molecule has 0 aromatic rings. The fourth-order valence-corrected chi connectivity index (χ4v) is 5.38. The van der Waals surface area contributed by atoms with E-state index in [1.807, 2.05) is 13.8 Å². The first kappa shape index (κ1) is 37.9. The van der Waals surface area contributed by atoms with Crippen LogP contribution < -0.4 is 10.6 Å². The summed E-state index contributed by atoms with van der Waals surface area (Å²) in [5.74, 6) is -3.12. The minimum atomic E-state index is -1.33. The van der Waals surface area contributed by atoms with E-state index in [2.05, 4.69) is 10.6 Å². The molecule has 0 bridgehead atoms. The zero-order valence-electron chi connectivity index (χ0n) is 27.1. The molecule has 3 N–H and O–H groups in total. The van der Waals surface area contributed by atoms with Crippen LogP contribution in [0.2, 0.25) is 0 Å². The maximum Gasteiger partial charge on any atom is 0.309 e. The van der Waals surface area contributed by atoms with Crippen LogP contribution in [0.1, 0.15) is 89.3 Å². The Morgan fingerprint density at radius 2 is 1.68 bits per heavy atom. The molecule has 2 fully saturated rings. The average molecular weight is 632 g/mol. The molecule has 2 heterocycles. The molecule has 2 saturated heterocycles. The largest absolute Gasteiger partial charge is 0.462 e. The number of halogens is 1. The van der Waals surface area contributed by atoms with Crippen LogP contribution in [0.5, 0.6) is 0 Å². The van der Waals surface area contributed by atoms with Crippen molar-refractivity contribution in [3.63, 3.8) is 0 Å². The molecule has 2 rings (SSSR count). The van der Waals surface area contributed by atoms with Crippen LogP contribution in [-0.2, 0) is 42.9 Å². The molecule has 252 valence electrons. The molecule has 14 heteroatoms. The fourth-order valence-electron chi connectivity index (χ4n) is 5.38. The molecule has 2 aliphatic heterocycles. The molecule has 0 spiro atoms. The number of rotatable bonds is 14. The van der Waals surface area contributed by atoms with Gasteiger partial charge in [0.2, 0.25) is 11.8 Å². The van der Waals surface area contributed by atoms with Crippen LogP contribution in [0.4, 0.5) is 4.39 Å². The second-order valence-corrected chi connectivity index (χ2v) is 11.6. The quantitative estimate of drug-likeness (QED) is 0.191. The number of carbonyl (C=O) groups is 4. The van der Waals surface area contributed by atoms with E-state index in [9.17, 15) is 28.7 Å². The van der Waals surface area contributed by atoms with Gasteiger partial charge < -0.3 is 39.4 Å². The molecule has 13 atom stereocenters. The number of nitrogens with one attached hydrogen (secondary N) is 2. The lowest BCUT2D eigenvalue weighted by Gasteiger charge is -2.46. The second-order valence-electron chi connectivity index (χ2n) is 11.6. The topological polar surface area (TPSA) is 159 Å². The fraction of sp³-hybridized carbons (Fsp3) is 0.867. The molecule has 0 aliphatic carbocycles. The molecule has 4 unspecified atom stereocenters. The number of aliphatic hydroxyl groups excluding tert-OH is 1. The first-order valence-electron chi connectivity index (χ1n) is 15.5. The van der Waals surface area contributed by atoms with Gasteiger partial charge in [0, 0.05) is 26.3 Å². The van der Waals surface area contributed by atoms with E-state index in [4.69, 9.17) is 32.9 Å². The maximum absolute atomic E-state index is 13.3.